The van der Waals surface area contributed by atoms with Crippen molar-refractivity contribution < 1.29 is 0 Å². The topological polar surface area (TPSA) is 17.8 Å². The summed E-state index contributed by atoms with van der Waals surface area (Å²) in [5, 5.41) is 2.15. The molecule has 2 nitrogen and oxygen atoms in total. The number of imidazole rings is 1. The Balaban J connectivity index is 1.57. The van der Waals surface area contributed by atoms with E-state index in [1.54, 1.807) is 0 Å². The number of aromatic nitrogens is 2. The van der Waals surface area contributed by atoms with Crippen LogP contribution >= 0.6 is 11.3 Å². The van der Waals surface area contributed by atoms with Crippen LogP contribution in [0.15, 0.2) is 41.8 Å². The zero-order valence-corrected chi connectivity index (χ0v) is 16.2. The molecule has 0 radical (unpaired) electrons. The Morgan fingerprint density at radius 3 is 2.40 bits per heavy atom. The van der Waals surface area contributed by atoms with Gasteiger partial charge in [0.15, 0.2) is 0 Å². The van der Waals surface area contributed by atoms with Crippen LogP contribution in [0.3, 0.4) is 0 Å². The van der Waals surface area contributed by atoms with Crippen LogP contribution < -0.4 is 0 Å². The van der Waals surface area contributed by atoms with Crippen molar-refractivity contribution in [3.63, 3.8) is 0 Å². The summed E-state index contributed by atoms with van der Waals surface area (Å²) in [6, 6.07) is 12.9. The number of benzene rings is 1. The number of para-hydroxylation sites is 2. The van der Waals surface area contributed by atoms with E-state index in [1.807, 2.05) is 11.3 Å². The highest BCUT2D eigenvalue weighted by atomic mass is 32.1. The third-order valence-electron chi connectivity index (χ3n) is 4.88. The van der Waals surface area contributed by atoms with E-state index in [0.717, 1.165) is 18.5 Å². The fraction of sp³-hybridized carbons (Fsp3) is 0.500. The monoisotopic (exact) mass is 354 g/mol. The van der Waals surface area contributed by atoms with Crippen LogP contribution in [0.2, 0.25) is 0 Å². The van der Waals surface area contributed by atoms with Crippen molar-refractivity contribution in [2.24, 2.45) is 0 Å². The minimum Gasteiger partial charge on any atom is -0.328 e. The van der Waals surface area contributed by atoms with Crippen LogP contribution in [0.25, 0.3) is 11.0 Å². The van der Waals surface area contributed by atoms with Crippen LogP contribution in [0.1, 0.15) is 69.0 Å². The van der Waals surface area contributed by atoms with Gasteiger partial charge in [0.2, 0.25) is 0 Å². The van der Waals surface area contributed by atoms with Crippen LogP contribution in [0.5, 0.6) is 0 Å². The Labute approximate surface area is 155 Å². The molecule has 0 aliphatic rings. The van der Waals surface area contributed by atoms with E-state index in [4.69, 9.17) is 4.98 Å². The number of thiophene rings is 1. The second-order valence-electron chi connectivity index (χ2n) is 6.90. The van der Waals surface area contributed by atoms with E-state index in [9.17, 15) is 0 Å². The van der Waals surface area contributed by atoms with Crippen molar-refractivity contribution >= 4 is 22.4 Å². The standard InChI is InChI=1S/C22H30N2S/c1-2-3-4-5-6-7-8-11-16-24-21-15-10-9-14-20(21)23-22(24)18-19-13-12-17-25-19/h9-10,12-15,17H,2-8,11,16,18H2,1H3. The van der Waals surface area contributed by atoms with E-state index in [1.165, 1.54) is 67.6 Å². The van der Waals surface area contributed by atoms with Crippen LogP contribution in [-0.4, -0.2) is 9.55 Å². The summed E-state index contributed by atoms with van der Waals surface area (Å²) in [7, 11) is 0. The summed E-state index contributed by atoms with van der Waals surface area (Å²) >= 11 is 1.82. The van der Waals surface area contributed by atoms with Crippen molar-refractivity contribution in [1.82, 2.24) is 9.55 Å². The number of fused-ring (bicyclic) bond motifs is 1. The molecular weight excluding hydrogens is 324 g/mol. The summed E-state index contributed by atoms with van der Waals surface area (Å²) in [6.07, 6.45) is 11.8. The molecule has 0 aliphatic carbocycles. The van der Waals surface area contributed by atoms with Gasteiger partial charge in [-0.3, -0.25) is 0 Å². The van der Waals surface area contributed by atoms with Gasteiger partial charge in [-0.05, 0) is 30.0 Å². The first-order valence-electron chi connectivity index (χ1n) is 9.85. The summed E-state index contributed by atoms with van der Waals surface area (Å²) in [4.78, 5) is 6.30. The fourth-order valence-electron chi connectivity index (χ4n) is 3.48. The molecule has 0 unspecified atom stereocenters. The fourth-order valence-corrected chi connectivity index (χ4v) is 4.18. The maximum Gasteiger partial charge on any atom is 0.115 e. The third kappa shape index (κ3) is 5.18. The highest BCUT2D eigenvalue weighted by molar-refractivity contribution is 7.09. The smallest absolute Gasteiger partial charge is 0.115 e. The van der Waals surface area contributed by atoms with Gasteiger partial charge >= 0.3 is 0 Å². The molecule has 0 amide bonds. The number of hydrogen-bond donors (Lipinski definition) is 0. The highest BCUT2D eigenvalue weighted by Crippen LogP contribution is 2.21. The molecule has 0 aliphatic heterocycles. The van der Waals surface area contributed by atoms with Crippen LogP contribution in [0, 0.1) is 0 Å². The van der Waals surface area contributed by atoms with Crippen LogP contribution in [-0.2, 0) is 13.0 Å². The molecule has 3 heteroatoms. The number of hydrogen-bond acceptors (Lipinski definition) is 2. The van der Waals surface area contributed by atoms with E-state index in [0.29, 0.717) is 0 Å². The molecular formula is C22H30N2S. The second kappa shape index (κ2) is 9.76. The minimum absolute atomic E-state index is 0.948. The van der Waals surface area contributed by atoms with Gasteiger partial charge in [0.05, 0.1) is 11.0 Å². The molecule has 134 valence electrons. The number of nitrogens with zero attached hydrogens (tertiary/aromatic N) is 2. The molecule has 0 N–H and O–H groups in total. The van der Waals surface area contributed by atoms with Crippen molar-refractivity contribution in [2.75, 3.05) is 0 Å². The number of unbranched alkanes of at least 4 members (excludes halogenated alkanes) is 7. The largest absolute Gasteiger partial charge is 0.328 e. The third-order valence-corrected chi connectivity index (χ3v) is 5.76. The Kier molecular flexibility index (Phi) is 7.10. The van der Waals surface area contributed by atoms with Crippen molar-refractivity contribution in [3.8, 4) is 0 Å². The highest BCUT2D eigenvalue weighted by Gasteiger charge is 2.11. The van der Waals surface area contributed by atoms with E-state index in [2.05, 4.69) is 53.3 Å². The molecule has 0 saturated carbocycles. The maximum atomic E-state index is 4.91. The predicted octanol–water partition coefficient (Wildman–Crippen LogP) is 6.83. The second-order valence-corrected chi connectivity index (χ2v) is 7.93. The zero-order chi connectivity index (χ0) is 17.3. The van der Waals surface area contributed by atoms with Gasteiger partial charge in [-0.1, -0.05) is 70.1 Å². The normalized spacial score (nSPS) is 11.4. The van der Waals surface area contributed by atoms with Gasteiger partial charge in [-0.2, -0.15) is 0 Å². The first kappa shape index (κ1) is 18.2. The predicted molar refractivity (Wildman–Crippen MR) is 109 cm³/mol. The Morgan fingerprint density at radius 2 is 1.64 bits per heavy atom. The van der Waals surface area contributed by atoms with Crippen molar-refractivity contribution in [3.05, 3.63) is 52.5 Å². The summed E-state index contributed by atoms with van der Waals surface area (Å²) in [5.74, 6) is 1.21. The van der Waals surface area contributed by atoms with Gasteiger partial charge in [0.1, 0.15) is 5.82 Å². The Bertz CT molecular complexity index is 743. The lowest BCUT2D eigenvalue weighted by Crippen LogP contribution is -2.04. The van der Waals surface area contributed by atoms with Gasteiger partial charge in [-0.25, -0.2) is 4.98 Å². The van der Waals surface area contributed by atoms with Gasteiger partial charge < -0.3 is 4.57 Å². The number of rotatable bonds is 11. The van der Waals surface area contributed by atoms with E-state index < -0.39 is 0 Å². The Morgan fingerprint density at radius 1 is 0.880 bits per heavy atom. The van der Waals surface area contributed by atoms with Gasteiger partial charge in [-0.15, -0.1) is 11.3 Å². The average molecular weight is 355 g/mol. The quantitative estimate of drug-likeness (QED) is 0.345. The molecule has 0 saturated heterocycles. The summed E-state index contributed by atoms with van der Waals surface area (Å²) in [5.41, 5.74) is 2.42. The van der Waals surface area contributed by atoms with Crippen molar-refractivity contribution in [2.45, 2.75) is 71.3 Å². The molecule has 1 aromatic carbocycles. The lowest BCUT2D eigenvalue weighted by atomic mass is 10.1. The van der Waals surface area contributed by atoms with Gasteiger partial charge in [0, 0.05) is 17.8 Å². The molecule has 0 atom stereocenters. The molecule has 2 aromatic heterocycles. The molecule has 2 heterocycles. The lowest BCUT2D eigenvalue weighted by molar-refractivity contribution is 0.542. The van der Waals surface area contributed by atoms with Crippen LogP contribution in [0.4, 0.5) is 0 Å². The molecule has 0 fully saturated rings. The molecule has 3 aromatic rings. The minimum atomic E-state index is 0.948. The first-order valence-corrected chi connectivity index (χ1v) is 10.7. The van der Waals surface area contributed by atoms with E-state index >= 15 is 0 Å². The zero-order valence-electron chi connectivity index (χ0n) is 15.4. The lowest BCUT2D eigenvalue weighted by Gasteiger charge is -2.09. The molecule has 3 rings (SSSR count). The average Bonchev–Trinajstić information content (AvgIpc) is 3.25. The summed E-state index contributed by atoms with van der Waals surface area (Å²) < 4.78 is 2.45. The van der Waals surface area contributed by atoms with Gasteiger partial charge in [0.25, 0.3) is 0 Å². The SMILES string of the molecule is CCCCCCCCCCn1c(Cc2cccs2)nc2ccccc21. The number of aryl methyl sites for hydroxylation is 1. The Hall–Kier alpha value is -1.61. The maximum absolute atomic E-state index is 4.91. The molecule has 0 bridgehead atoms. The van der Waals surface area contributed by atoms with Crippen molar-refractivity contribution in [1.29, 1.82) is 0 Å². The first-order chi connectivity index (χ1) is 12.4. The van der Waals surface area contributed by atoms with E-state index in [-0.39, 0.29) is 0 Å². The summed E-state index contributed by atoms with van der Waals surface area (Å²) in [6.45, 7) is 3.37. The molecule has 0 spiro atoms. The molecule has 25 heavy (non-hydrogen) atoms.